The molecule has 2 heterocycles. The number of hydrogen-bond donors (Lipinski definition) is 1. The minimum atomic E-state index is -0.514. The van der Waals surface area contributed by atoms with Crippen molar-refractivity contribution in [1.82, 2.24) is 0 Å². The number of nitrogens with zero attached hydrogens (tertiary/aromatic N) is 1. The molecule has 6 nitrogen and oxygen atoms in total. The van der Waals surface area contributed by atoms with Gasteiger partial charge in [-0.15, -0.1) is 0 Å². The maximum absolute atomic E-state index is 13.1. The van der Waals surface area contributed by atoms with Gasteiger partial charge >= 0.3 is 0 Å². The van der Waals surface area contributed by atoms with Gasteiger partial charge in [-0.2, -0.15) is 0 Å². The highest BCUT2D eigenvalue weighted by atomic mass is 16.3. The molecule has 1 aromatic heterocycles. The summed E-state index contributed by atoms with van der Waals surface area (Å²) in [5.41, 5.74) is 0.616. The van der Waals surface area contributed by atoms with E-state index >= 15 is 0 Å². The molecule has 140 valence electrons. The highest BCUT2D eigenvalue weighted by molar-refractivity contribution is 6.22. The van der Waals surface area contributed by atoms with Crippen LogP contribution in [0, 0.1) is 5.41 Å². The van der Waals surface area contributed by atoms with E-state index in [1.165, 1.54) is 11.2 Å². The average molecular weight is 366 g/mol. The standard InChI is InChI=1S/C21H22N2O4/c24-18-14-21(11-3-1-2-4-12-21)20(26)23(18)16-9-7-15(8-10-16)22-19(25)17-6-5-13-27-17/h5-10,13H,1-4,11-12,14H2,(H,22,25). The zero-order valence-corrected chi connectivity index (χ0v) is 15.1. The quantitative estimate of drug-likeness (QED) is 0.828. The van der Waals surface area contributed by atoms with Crippen molar-refractivity contribution in [1.29, 1.82) is 0 Å². The summed E-state index contributed by atoms with van der Waals surface area (Å²) in [7, 11) is 0. The lowest BCUT2D eigenvalue weighted by atomic mass is 9.79. The van der Waals surface area contributed by atoms with Gasteiger partial charge < -0.3 is 9.73 Å². The molecule has 2 aliphatic rings. The van der Waals surface area contributed by atoms with Crippen molar-refractivity contribution in [3.8, 4) is 0 Å². The van der Waals surface area contributed by atoms with Gasteiger partial charge in [0.25, 0.3) is 5.91 Å². The van der Waals surface area contributed by atoms with E-state index in [9.17, 15) is 14.4 Å². The second-order valence-electron chi connectivity index (χ2n) is 7.38. The molecule has 0 radical (unpaired) electrons. The Bertz CT molecular complexity index is 847. The molecule has 4 rings (SSSR count). The summed E-state index contributed by atoms with van der Waals surface area (Å²) in [6.45, 7) is 0. The maximum atomic E-state index is 13.1. The van der Waals surface area contributed by atoms with Gasteiger partial charge in [-0.3, -0.25) is 19.3 Å². The monoisotopic (exact) mass is 366 g/mol. The van der Waals surface area contributed by atoms with Crippen molar-refractivity contribution in [2.24, 2.45) is 5.41 Å². The number of carbonyl (C=O) groups excluding carboxylic acids is 3. The van der Waals surface area contributed by atoms with Gasteiger partial charge in [-0.05, 0) is 49.2 Å². The van der Waals surface area contributed by atoms with Crippen molar-refractivity contribution in [3.05, 3.63) is 48.4 Å². The first-order valence-corrected chi connectivity index (χ1v) is 9.41. The number of hydrogen-bond acceptors (Lipinski definition) is 4. The summed E-state index contributed by atoms with van der Waals surface area (Å²) in [5.74, 6) is -0.325. The fourth-order valence-corrected chi connectivity index (χ4v) is 4.15. The van der Waals surface area contributed by atoms with Crippen LogP contribution in [-0.4, -0.2) is 17.7 Å². The van der Waals surface area contributed by atoms with Crippen LogP contribution >= 0.6 is 0 Å². The van der Waals surface area contributed by atoms with Crippen LogP contribution in [0.1, 0.15) is 55.5 Å². The van der Waals surface area contributed by atoms with E-state index in [4.69, 9.17) is 4.42 Å². The Morgan fingerprint density at radius 1 is 1.00 bits per heavy atom. The number of rotatable bonds is 3. The Morgan fingerprint density at radius 2 is 1.70 bits per heavy atom. The van der Waals surface area contributed by atoms with Crippen LogP contribution in [0.4, 0.5) is 11.4 Å². The first-order valence-electron chi connectivity index (χ1n) is 9.41. The van der Waals surface area contributed by atoms with Crippen molar-refractivity contribution in [2.45, 2.75) is 44.9 Å². The predicted octanol–water partition coefficient (Wildman–Crippen LogP) is 4.14. The number of benzene rings is 1. The molecule has 2 fully saturated rings. The van der Waals surface area contributed by atoms with E-state index < -0.39 is 5.41 Å². The topological polar surface area (TPSA) is 79.6 Å². The zero-order valence-electron chi connectivity index (χ0n) is 15.1. The molecular formula is C21H22N2O4. The molecule has 1 N–H and O–H groups in total. The van der Waals surface area contributed by atoms with Crippen LogP contribution in [0.3, 0.4) is 0 Å². The normalized spacial score (nSPS) is 19.3. The minimum absolute atomic E-state index is 0.0678. The predicted molar refractivity (Wildman–Crippen MR) is 100 cm³/mol. The van der Waals surface area contributed by atoms with Crippen LogP contribution < -0.4 is 10.2 Å². The molecule has 0 bridgehead atoms. The molecule has 2 aromatic rings. The lowest BCUT2D eigenvalue weighted by Gasteiger charge is -2.25. The molecule has 1 saturated heterocycles. The van der Waals surface area contributed by atoms with Gasteiger partial charge in [-0.1, -0.05) is 25.7 Å². The third-order valence-electron chi connectivity index (χ3n) is 5.58. The largest absolute Gasteiger partial charge is 0.459 e. The average Bonchev–Trinajstić information content (AvgIpc) is 3.19. The SMILES string of the molecule is O=C(Nc1ccc(N2C(=O)CC3(CCCCCC3)C2=O)cc1)c1ccco1. The molecule has 1 saturated carbocycles. The van der Waals surface area contributed by atoms with E-state index in [0.29, 0.717) is 17.8 Å². The van der Waals surface area contributed by atoms with Crippen LogP contribution in [-0.2, 0) is 9.59 Å². The van der Waals surface area contributed by atoms with Crippen molar-refractivity contribution < 1.29 is 18.8 Å². The molecule has 6 heteroatoms. The lowest BCUT2D eigenvalue weighted by molar-refractivity contribution is -0.126. The first-order chi connectivity index (χ1) is 13.1. The van der Waals surface area contributed by atoms with Crippen LogP contribution in [0.15, 0.2) is 47.1 Å². The van der Waals surface area contributed by atoms with Gasteiger partial charge in [0.1, 0.15) is 0 Å². The molecule has 27 heavy (non-hydrogen) atoms. The van der Waals surface area contributed by atoms with Gasteiger partial charge in [-0.25, -0.2) is 0 Å². The number of nitrogens with one attached hydrogen (secondary N) is 1. The van der Waals surface area contributed by atoms with Gasteiger partial charge in [0.2, 0.25) is 11.8 Å². The molecule has 3 amide bonds. The summed E-state index contributed by atoms with van der Waals surface area (Å²) >= 11 is 0. The molecule has 1 spiro atoms. The summed E-state index contributed by atoms with van der Waals surface area (Å²) in [6.07, 6.45) is 7.61. The van der Waals surface area contributed by atoms with Gasteiger partial charge in [0, 0.05) is 12.1 Å². The third-order valence-corrected chi connectivity index (χ3v) is 5.58. The molecule has 1 aliphatic carbocycles. The minimum Gasteiger partial charge on any atom is -0.459 e. The van der Waals surface area contributed by atoms with Crippen molar-refractivity contribution in [3.63, 3.8) is 0 Å². The van der Waals surface area contributed by atoms with Crippen molar-refractivity contribution in [2.75, 3.05) is 10.2 Å². The third kappa shape index (κ3) is 3.27. The number of carbonyl (C=O) groups is 3. The molecule has 0 atom stereocenters. The molecule has 0 unspecified atom stereocenters. The first kappa shape index (κ1) is 17.5. The zero-order chi connectivity index (χ0) is 18.9. The lowest BCUT2D eigenvalue weighted by Crippen LogP contribution is -2.35. The van der Waals surface area contributed by atoms with Crippen LogP contribution in [0.5, 0.6) is 0 Å². The maximum Gasteiger partial charge on any atom is 0.291 e. The smallest absolute Gasteiger partial charge is 0.291 e. The van der Waals surface area contributed by atoms with E-state index in [1.807, 2.05) is 0 Å². The number of furan rings is 1. The number of amides is 3. The van der Waals surface area contributed by atoms with Crippen molar-refractivity contribution >= 4 is 29.1 Å². The highest BCUT2D eigenvalue weighted by Gasteiger charge is 2.51. The summed E-state index contributed by atoms with van der Waals surface area (Å²) in [6, 6.07) is 10.00. The van der Waals surface area contributed by atoms with E-state index in [1.54, 1.807) is 36.4 Å². The fourth-order valence-electron chi connectivity index (χ4n) is 4.15. The molecule has 1 aliphatic heterocycles. The number of anilines is 2. The fraction of sp³-hybridized carbons (Fsp3) is 0.381. The van der Waals surface area contributed by atoms with E-state index in [-0.39, 0.29) is 23.5 Å². The Kier molecular flexibility index (Phi) is 4.56. The summed E-state index contributed by atoms with van der Waals surface area (Å²) in [4.78, 5) is 39.1. The van der Waals surface area contributed by atoms with Gasteiger partial charge in [0.05, 0.1) is 17.4 Å². The summed E-state index contributed by atoms with van der Waals surface area (Å²) < 4.78 is 5.06. The molecular weight excluding hydrogens is 344 g/mol. The van der Waals surface area contributed by atoms with E-state index in [0.717, 1.165) is 38.5 Å². The number of imide groups is 1. The Balaban J connectivity index is 1.51. The Morgan fingerprint density at radius 3 is 2.33 bits per heavy atom. The second kappa shape index (κ2) is 7.02. The van der Waals surface area contributed by atoms with E-state index in [2.05, 4.69) is 5.32 Å². The second-order valence-corrected chi connectivity index (χ2v) is 7.38. The molecule has 1 aromatic carbocycles. The van der Waals surface area contributed by atoms with Crippen LogP contribution in [0.2, 0.25) is 0 Å². The van der Waals surface area contributed by atoms with Crippen LogP contribution in [0.25, 0.3) is 0 Å². The highest BCUT2D eigenvalue weighted by Crippen LogP contribution is 2.45. The Hall–Kier alpha value is -2.89. The summed E-state index contributed by atoms with van der Waals surface area (Å²) in [5, 5.41) is 2.73. The van der Waals surface area contributed by atoms with Gasteiger partial charge in [0.15, 0.2) is 5.76 Å². The Labute approximate surface area is 157 Å².